The first-order valence-corrected chi connectivity index (χ1v) is 8.88. The molecule has 0 aliphatic carbocycles. The molecule has 3 heterocycles. The zero-order chi connectivity index (χ0) is 17.9. The van der Waals surface area contributed by atoms with E-state index in [9.17, 15) is 4.79 Å². The van der Waals surface area contributed by atoms with Crippen LogP contribution in [0.2, 0.25) is 0 Å². The lowest BCUT2D eigenvalue weighted by molar-refractivity contribution is 0.240. The summed E-state index contributed by atoms with van der Waals surface area (Å²) in [6.45, 7) is 6.74. The summed E-state index contributed by atoms with van der Waals surface area (Å²) < 4.78 is 1.70. The molecule has 0 bridgehead atoms. The van der Waals surface area contributed by atoms with Gasteiger partial charge >= 0.3 is 0 Å². The quantitative estimate of drug-likeness (QED) is 0.690. The van der Waals surface area contributed by atoms with E-state index in [0.717, 1.165) is 38.2 Å². The van der Waals surface area contributed by atoms with Crippen molar-refractivity contribution < 1.29 is 0 Å². The number of likely N-dealkylation sites (tertiary alicyclic amines) is 1. The Kier molecular flexibility index (Phi) is 4.53. The zero-order valence-corrected chi connectivity index (χ0v) is 14.6. The number of hydrogen-bond donors (Lipinski definition) is 2. The second kappa shape index (κ2) is 7.13. The third-order valence-electron chi connectivity index (χ3n) is 4.75. The number of aromatic amines is 1. The number of H-pyrrole nitrogens is 1. The van der Waals surface area contributed by atoms with Crippen LogP contribution in [-0.2, 0) is 0 Å². The number of nitrogens with one attached hydrogen (secondary N) is 2. The summed E-state index contributed by atoms with van der Waals surface area (Å²) in [4.78, 5) is 22.2. The van der Waals surface area contributed by atoms with Crippen molar-refractivity contribution in [2.45, 2.75) is 18.9 Å². The van der Waals surface area contributed by atoms with Gasteiger partial charge in [0.15, 0.2) is 5.65 Å². The summed E-state index contributed by atoms with van der Waals surface area (Å²) in [6, 6.07) is 10.00. The van der Waals surface area contributed by atoms with Gasteiger partial charge in [-0.05, 0) is 25.0 Å². The van der Waals surface area contributed by atoms with Gasteiger partial charge in [0.2, 0.25) is 5.95 Å². The van der Waals surface area contributed by atoms with Crippen molar-refractivity contribution in [2.24, 2.45) is 0 Å². The Morgan fingerprint density at radius 2 is 2.04 bits per heavy atom. The van der Waals surface area contributed by atoms with E-state index in [1.165, 1.54) is 0 Å². The lowest BCUT2D eigenvalue weighted by atomic mass is 10.1. The average molecular weight is 350 g/mol. The lowest BCUT2D eigenvalue weighted by Crippen LogP contribution is -2.39. The predicted octanol–water partition coefficient (Wildman–Crippen LogP) is 2.17. The van der Waals surface area contributed by atoms with Crippen molar-refractivity contribution in [3.63, 3.8) is 0 Å². The summed E-state index contributed by atoms with van der Waals surface area (Å²) in [6.07, 6.45) is 5.51. The molecule has 7 heteroatoms. The topological polar surface area (TPSA) is 78.8 Å². The van der Waals surface area contributed by atoms with Gasteiger partial charge in [0.1, 0.15) is 5.39 Å². The monoisotopic (exact) mass is 350 g/mol. The molecule has 0 amide bonds. The van der Waals surface area contributed by atoms with Crippen LogP contribution in [0.1, 0.15) is 12.8 Å². The fourth-order valence-electron chi connectivity index (χ4n) is 3.38. The predicted molar refractivity (Wildman–Crippen MR) is 103 cm³/mol. The molecule has 3 aromatic rings. The van der Waals surface area contributed by atoms with Gasteiger partial charge in [-0.1, -0.05) is 24.3 Å². The molecule has 0 radical (unpaired) electrons. The number of fused-ring (bicyclic) bond motifs is 1. The van der Waals surface area contributed by atoms with Crippen molar-refractivity contribution in [2.75, 3.05) is 25.0 Å². The van der Waals surface area contributed by atoms with Crippen LogP contribution >= 0.6 is 0 Å². The fraction of sp³-hybridized carbons (Fsp3) is 0.316. The highest BCUT2D eigenvalue weighted by molar-refractivity contribution is 5.76. The molecule has 2 aromatic heterocycles. The number of anilines is 1. The molecule has 1 aliphatic rings. The highest BCUT2D eigenvalue weighted by Gasteiger charge is 2.19. The van der Waals surface area contributed by atoms with Crippen molar-refractivity contribution in [3.8, 4) is 5.69 Å². The second-order valence-electron chi connectivity index (χ2n) is 6.55. The summed E-state index contributed by atoms with van der Waals surface area (Å²) in [5.41, 5.74) is 1.26. The Hall–Kier alpha value is -2.93. The van der Waals surface area contributed by atoms with Crippen molar-refractivity contribution in [1.82, 2.24) is 24.6 Å². The minimum atomic E-state index is -0.177. The first-order chi connectivity index (χ1) is 12.7. The second-order valence-corrected chi connectivity index (χ2v) is 6.55. The fourth-order valence-corrected chi connectivity index (χ4v) is 3.38. The number of hydrogen-bond acceptors (Lipinski definition) is 5. The normalized spacial score (nSPS) is 16.0. The van der Waals surface area contributed by atoms with Gasteiger partial charge in [-0.2, -0.15) is 10.1 Å². The Balaban J connectivity index is 1.59. The lowest BCUT2D eigenvalue weighted by Gasteiger charge is -2.31. The Bertz CT molecular complexity index is 953. The maximum atomic E-state index is 12.4. The van der Waals surface area contributed by atoms with Crippen LogP contribution in [0, 0.1) is 0 Å². The molecule has 4 rings (SSSR count). The van der Waals surface area contributed by atoms with Gasteiger partial charge in [0.05, 0.1) is 11.9 Å². The first-order valence-electron chi connectivity index (χ1n) is 8.88. The highest BCUT2D eigenvalue weighted by Crippen LogP contribution is 2.17. The van der Waals surface area contributed by atoms with Crippen LogP contribution in [0.15, 0.2) is 54.0 Å². The number of benzene rings is 1. The van der Waals surface area contributed by atoms with Gasteiger partial charge < -0.3 is 5.32 Å². The molecule has 26 heavy (non-hydrogen) atoms. The Morgan fingerprint density at radius 3 is 2.77 bits per heavy atom. The molecule has 2 N–H and O–H groups in total. The van der Waals surface area contributed by atoms with E-state index in [1.54, 1.807) is 10.9 Å². The van der Waals surface area contributed by atoms with Crippen LogP contribution in [0.3, 0.4) is 0 Å². The van der Waals surface area contributed by atoms with E-state index in [-0.39, 0.29) is 5.56 Å². The molecular formula is C19H22N6O. The van der Waals surface area contributed by atoms with Crippen LogP contribution < -0.4 is 10.9 Å². The number of para-hydroxylation sites is 1. The largest absolute Gasteiger partial charge is 0.353 e. The van der Waals surface area contributed by atoms with Gasteiger partial charge in [-0.3, -0.25) is 14.7 Å². The Morgan fingerprint density at radius 1 is 1.27 bits per heavy atom. The Labute approximate surface area is 151 Å². The third-order valence-corrected chi connectivity index (χ3v) is 4.75. The number of rotatable bonds is 5. The van der Waals surface area contributed by atoms with Gasteiger partial charge in [0, 0.05) is 25.7 Å². The maximum Gasteiger partial charge on any atom is 0.263 e. The van der Waals surface area contributed by atoms with Crippen LogP contribution in [0.25, 0.3) is 16.7 Å². The van der Waals surface area contributed by atoms with Crippen molar-refractivity contribution >= 4 is 17.0 Å². The van der Waals surface area contributed by atoms with E-state index in [1.807, 2.05) is 36.4 Å². The number of aromatic nitrogens is 4. The molecule has 0 saturated carbocycles. The molecule has 1 fully saturated rings. The van der Waals surface area contributed by atoms with E-state index in [4.69, 9.17) is 0 Å². The maximum absolute atomic E-state index is 12.4. The molecule has 1 aliphatic heterocycles. The SMILES string of the molecule is C=CCN1CCC(Nc2nc3c(cnn3-c3ccccc3)c(=O)[nH]2)CC1. The minimum absolute atomic E-state index is 0.177. The van der Waals surface area contributed by atoms with Gasteiger partial charge in [-0.15, -0.1) is 6.58 Å². The standard InChI is InChI=1S/C19H22N6O/c1-2-10-24-11-8-14(9-12-24)21-19-22-17-16(18(26)23-19)13-20-25(17)15-6-4-3-5-7-15/h2-7,13-14H,1,8-12H2,(H2,21,22,23,26). The van der Waals surface area contributed by atoms with Crippen molar-refractivity contribution in [1.29, 1.82) is 0 Å². The number of piperidine rings is 1. The summed E-state index contributed by atoms with van der Waals surface area (Å²) in [7, 11) is 0. The van der Waals surface area contributed by atoms with E-state index in [0.29, 0.717) is 23.0 Å². The van der Waals surface area contributed by atoms with E-state index >= 15 is 0 Å². The molecule has 1 saturated heterocycles. The average Bonchev–Trinajstić information content (AvgIpc) is 3.09. The first kappa shape index (κ1) is 16.5. The van der Waals surface area contributed by atoms with Crippen LogP contribution in [0.5, 0.6) is 0 Å². The molecular weight excluding hydrogens is 328 g/mol. The third kappa shape index (κ3) is 3.25. The molecule has 7 nitrogen and oxygen atoms in total. The summed E-state index contributed by atoms with van der Waals surface area (Å²) >= 11 is 0. The molecule has 0 atom stereocenters. The van der Waals surface area contributed by atoms with E-state index in [2.05, 4.69) is 31.9 Å². The van der Waals surface area contributed by atoms with Crippen LogP contribution in [-0.4, -0.2) is 50.3 Å². The summed E-state index contributed by atoms with van der Waals surface area (Å²) in [5.74, 6) is 0.502. The van der Waals surface area contributed by atoms with Crippen molar-refractivity contribution in [3.05, 3.63) is 59.5 Å². The van der Waals surface area contributed by atoms with E-state index < -0.39 is 0 Å². The molecule has 1 aromatic carbocycles. The van der Waals surface area contributed by atoms with Crippen LogP contribution in [0.4, 0.5) is 5.95 Å². The van der Waals surface area contributed by atoms with Gasteiger partial charge in [-0.25, -0.2) is 4.68 Å². The molecule has 0 unspecified atom stereocenters. The van der Waals surface area contributed by atoms with Gasteiger partial charge in [0.25, 0.3) is 5.56 Å². The smallest absolute Gasteiger partial charge is 0.263 e. The summed E-state index contributed by atoms with van der Waals surface area (Å²) in [5, 5.41) is 8.21. The zero-order valence-electron chi connectivity index (χ0n) is 14.6. The molecule has 134 valence electrons. The minimum Gasteiger partial charge on any atom is -0.353 e. The number of nitrogens with zero attached hydrogens (tertiary/aromatic N) is 4. The molecule has 0 spiro atoms. The highest BCUT2D eigenvalue weighted by atomic mass is 16.1.